The monoisotopic (exact) mass is 388 g/mol. The largest absolute Gasteiger partial charge is 0.489 e. The molecule has 1 saturated heterocycles. The Morgan fingerprint density at radius 1 is 0.857 bits per heavy atom. The van der Waals surface area contributed by atoms with Crippen LogP contribution in [0.25, 0.3) is 16.8 Å². The number of benzene rings is 3. The summed E-state index contributed by atoms with van der Waals surface area (Å²) in [6.45, 7) is 0.448. The number of thiocarbonyl (C=S) groups is 1. The number of carbonyl (C=O) groups excluding carboxylic acids is 2. The Hall–Kier alpha value is -3.51. The molecule has 0 spiro atoms. The number of nitrogens with one attached hydrogen (secondary N) is 2. The van der Waals surface area contributed by atoms with Crippen molar-refractivity contribution in [3.8, 4) is 5.75 Å². The average molecular weight is 388 g/mol. The molecule has 0 atom stereocenters. The van der Waals surface area contributed by atoms with Crippen molar-refractivity contribution in [1.29, 1.82) is 0 Å². The minimum Gasteiger partial charge on any atom is -0.489 e. The van der Waals surface area contributed by atoms with Crippen LogP contribution in [0.5, 0.6) is 5.75 Å². The molecule has 2 amide bonds. The lowest BCUT2D eigenvalue weighted by atomic mass is 10.1. The van der Waals surface area contributed by atoms with E-state index in [1.165, 1.54) is 16.8 Å². The Bertz CT molecular complexity index is 1090. The van der Waals surface area contributed by atoms with Gasteiger partial charge in [-0.1, -0.05) is 54.6 Å². The highest BCUT2D eigenvalue weighted by Gasteiger charge is 2.25. The zero-order valence-electron chi connectivity index (χ0n) is 14.8. The van der Waals surface area contributed by atoms with E-state index in [0.29, 0.717) is 17.9 Å². The van der Waals surface area contributed by atoms with E-state index in [4.69, 9.17) is 17.0 Å². The number of hydrogen-bond donors (Lipinski definition) is 2. The summed E-state index contributed by atoms with van der Waals surface area (Å²) in [6, 6.07) is 21.5. The molecule has 5 nitrogen and oxygen atoms in total. The van der Waals surface area contributed by atoms with E-state index in [0.717, 1.165) is 5.56 Å². The van der Waals surface area contributed by atoms with Gasteiger partial charge in [-0.15, -0.1) is 0 Å². The topological polar surface area (TPSA) is 67.4 Å². The molecular formula is C22H16N2O3S. The van der Waals surface area contributed by atoms with E-state index in [1.54, 1.807) is 24.3 Å². The first-order chi connectivity index (χ1) is 13.6. The van der Waals surface area contributed by atoms with Gasteiger partial charge >= 0.3 is 0 Å². The van der Waals surface area contributed by atoms with Crippen molar-refractivity contribution in [2.45, 2.75) is 6.61 Å². The molecule has 1 aliphatic rings. The lowest BCUT2D eigenvalue weighted by Crippen LogP contribution is -2.51. The third-order valence-electron chi connectivity index (χ3n) is 4.41. The molecule has 28 heavy (non-hydrogen) atoms. The van der Waals surface area contributed by atoms with E-state index in [9.17, 15) is 9.59 Å². The second-order valence-corrected chi connectivity index (χ2v) is 6.70. The molecule has 0 aromatic heterocycles. The van der Waals surface area contributed by atoms with Gasteiger partial charge in [0.15, 0.2) is 5.11 Å². The van der Waals surface area contributed by atoms with E-state index in [-0.39, 0.29) is 10.7 Å². The summed E-state index contributed by atoms with van der Waals surface area (Å²) in [6.07, 6.45) is 1.51. The second-order valence-electron chi connectivity index (χ2n) is 6.29. The number of amides is 2. The molecular weight excluding hydrogens is 372 g/mol. The lowest BCUT2D eigenvalue weighted by molar-refractivity contribution is -0.123. The Labute approximate surface area is 167 Å². The van der Waals surface area contributed by atoms with Gasteiger partial charge in [-0.2, -0.15) is 0 Å². The third-order valence-corrected chi connectivity index (χ3v) is 4.61. The van der Waals surface area contributed by atoms with Crippen LogP contribution < -0.4 is 15.4 Å². The van der Waals surface area contributed by atoms with E-state index >= 15 is 0 Å². The first-order valence-electron chi connectivity index (χ1n) is 8.68. The van der Waals surface area contributed by atoms with Crippen LogP contribution in [-0.2, 0) is 16.2 Å². The summed E-state index contributed by atoms with van der Waals surface area (Å²) in [5, 5.41) is 7.18. The summed E-state index contributed by atoms with van der Waals surface area (Å²) in [7, 11) is 0. The normalized spacial score (nSPS) is 13.9. The Kier molecular flexibility index (Phi) is 4.87. The predicted octanol–water partition coefficient (Wildman–Crippen LogP) is 3.33. The van der Waals surface area contributed by atoms with Crippen molar-refractivity contribution >= 4 is 46.0 Å². The Balaban J connectivity index is 1.48. The molecule has 138 valence electrons. The molecule has 1 heterocycles. The molecule has 3 aromatic rings. The van der Waals surface area contributed by atoms with Gasteiger partial charge in [0.2, 0.25) is 0 Å². The van der Waals surface area contributed by atoms with Crippen LogP contribution in [0.1, 0.15) is 11.1 Å². The standard InChI is InChI=1S/C22H16N2O3S/c25-20-19(21(26)24-22(28)23-20)12-14-8-10-17(11-9-14)27-13-16-6-3-5-15-4-1-2-7-18(15)16/h1-12H,13H2,(H2,23,24,25,26,28). The maximum Gasteiger partial charge on any atom is 0.263 e. The van der Waals surface area contributed by atoms with Crippen molar-refractivity contribution in [2.75, 3.05) is 0 Å². The van der Waals surface area contributed by atoms with Gasteiger partial charge in [0.1, 0.15) is 17.9 Å². The van der Waals surface area contributed by atoms with E-state index < -0.39 is 11.8 Å². The zero-order valence-corrected chi connectivity index (χ0v) is 15.6. The quantitative estimate of drug-likeness (QED) is 0.409. The minimum atomic E-state index is -0.509. The van der Waals surface area contributed by atoms with Gasteiger partial charge in [0.05, 0.1) is 0 Å². The van der Waals surface area contributed by atoms with Gasteiger partial charge in [-0.3, -0.25) is 20.2 Å². The van der Waals surface area contributed by atoms with Crippen molar-refractivity contribution in [1.82, 2.24) is 10.6 Å². The van der Waals surface area contributed by atoms with Gasteiger partial charge in [-0.25, -0.2) is 0 Å². The maximum absolute atomic E-state index is 11.9. The van der Waals surface area contributed by atoms with Gasteiger partial charge in [-0.05, 0) is 52.3 Å². The van der Waals surface area contributed by atoms with Crippen LogP contribution >= 0.6 is 12.2 Å². The SMILES string of the molecule is O=C1NC(=S)NC(=O)C1=Cc1ccc(OCc2cccc3ccccc23)cc1. The number of carbonyl (C=O) groups is 2. The fourth-order valence-corrected chi connectivity index (χ4v) is 3.20. The highest BCUT2D eigenvalue weighted by molar-refractivity contribution is 7.80. The molecule has 0 unspecified atom stereocenters. The van der Waals surface area contributed by atoms with Gasteiger partial charge < -0.3 is 4.74 Å². The summed E-state index contributed by atoms with van der Waals surface area (Å²) >= 11 is 4.79. The fourth-order valence-electron chi connectivity index (χ4n) is 3.01. The number of rotatable bonds is 4. The highest BCUT2D eigenvalue weighted by Crippen LogP contribution is 2.21. The summed E-state index contributed by atoms with van der Waals surface area (Å²) in [5.41, 5.74) is 1.83. The van der Waals surface area contributed by atoms with Gasteiger partial charge in [0, 0.05) is 0 Å². The van der Waals surface area contributed by atoms with Gasteiger partial charge in [0.25, 0.3) is 11.8 Å². The summed E-state index contributed by atoms with van der Waals surface area (Å²) in [4.78, 5) is 23.8. The maximum atomic E-state index is 11.9. The van der Waals surface area contributed by atoms with E-state index in [2.05, 4.69) is 28.8 Å². The van der Waals surface area contributed by atoms with Crippen molar-refractivity contribution in [3.63, 3.8) is 0 Å². The molecule has 0 aliphatic carbocycles. The average Bonchev–Trinajstić information content (AvgIpc) is 2.70. The number of ether oxygens (including phenoxy) is 1. The molecule has 0 bridgehead atoms. The minimum absolute atomic E-state index is 0.0121. The number of fused-ring (bicyclic) bond motifs is 1. The first kappa shape index (κ1) is 17.9. The molecule has 4 rings (SSSR count). The van der Waals surface area contributed by atoms with Crippen LogP contribution in [0, 0.1) is 0 Å². The van der Waals surface area contributed by atoms with Crippen molar-refractivity contribution < 1.29 is 14.3 Å². The molecule has 2 N–H and O–H groups in total. The Morgan fingerprint density at radius 2 is 1.54 bits per heavy atom. The van der Waals surface area contributed by atoms with Crippen LogP contribution in [0.15, 0.2) is 72.3 Å². The van der Waals surface area contributed by atoms with E-state index in [1.807, 2.05) is 24.3 Å². The molecule has 6 heteroatoms. The highest BCUT2D eigenvalue weighted by atomic mass is 32.1. The third kappa shape index (κ3) is 3.77. The Morgan fingerprint density at radius 3 is 2.29 bits per heavy atom. The van der Waals surface area contributed by atoms with Crippen LogP contribution in [0.3, 0.4) is 0 Å². The van der Waals surface area contributed by atoms with Crippen LogP contribution in [-0.4, -0.2) is 16.9 Å². The lowest BCUT2D eigenvalue weighted by Gasteiger charge is -2.16. The summed E-state index contributed by atoms with van der Waals surface area (Å²) < 4.78 is 5.91. The smallest absolute Gasteiger partial charge is 0.263 e. The fraction of sp³-hybridized carbons (Fsp3) is 0.0455. The number of hydrogen-bond acceptors (Lipinski definition) is 4. The molecule has 1 aliphatic heterocycles. The molecule has 0 saturated carbocycles. The van der Waals surface area contributed by atoms with Crippen molar-refractivity contribution in [3.05, 3.63) is 83.4 Å². The summed E-state index contributed by atoms with van der Waals surface area (Å²) in [5.74, 6) is -0.316. The first-order valence-corrected chi connectivity index (χ1v) is 9.09. The molecule has 1 fully saturated rings. The van der Waals surface area contributed by atoms with Crippen LogP contribution in [0.4, 0.5) is 0 Å². The second kappa shape index (κ2) is 7.62. The van der Waals surface area contributed by atoms with Crippen LogP contribution in [0.2, 0.25) is 0 Å². The predicted molar refractivity (Wildman–Crippen MR) is 112 cm³/mol. The van der Waals surface area contributed by atoms with Crippen molar-refractivity contribution in [2.24, 2.45) is 0 Å². The zero-order chi connectivity index (χ0) is 19.5. The molecule has 0 radical (unpaired) electrons. The molecule has 3 aromatic carbocycles.